The molecule has 0 heterocycles. The van der Waals surface area contributed by atoms with Crippen LogP contribution in [0.5, 0.6) is 0 Å². The largest absolute Gasteiger partial charge is 0.478 e. The van der Waals surface area contributed by atoms with Crippen LogP contribution in [0.2, 0.25) is 0 Å². The van der Waals surface area contributed by atoms with Gasteiger partial charge in [0.2, 0.25) is 0 Å². The fraction of sp³-hybridized carbons (Fsp3) is 0.286. The minimum absolute atomic E-state index is 0.197. The number of rotatable bonds is 7. The van der Waals surface area contributed by atoms with Crippen molar-refractivity contribution in [2.24, 2.45) is 0 Å². The third-order valence-corrected chi connectivity index (χ3v) is 2.44. The van der Waals surface area contributed by atoms with Crippen molar-refractivity contribution in [3.63, 3.8) is 0 Å². The lowest BCUT2D eigenvalue weighted by Gasteiger charge is -2.05. The van der Waals surface area contributed by atoms with Crippen molar-refractivity contribution in [1.82, 2.24) is 5.32 Å². The van der Waals surface area contributed by atoms with Gasteiger partial charge in [0, 0.05) is 6.54 Å². The molecule has 1 aromatic rings. The molecule has 0 aliphatic rings. The summed E-state index contributed by atoms with van der Waals surface area (Å²) in [5, 5.41) is 11.4. The SMILES string of the molecule is C=CCOC(=O)NCCCc1ccc(C(=O)O)cc1. The Morgan fingerprint density at radius 3 is 2.58 bits per heavy atom. The van der Waals surface area contributed by atoms with Crippen molar-refractivity contribution < 1.29 is 19.4 Å². The summed E-state index contributed by atoms with van der Waals surface area (Å²) in [5.74, 6) is -0.932. The molecule has 0 aliphatic heterocycles. The fourth-order valence-corrected chi connectivity index (χ4v) is 1.48. The lowest BCUT2D eigenvalue weighted by molar-refractivity contribution is 0.0697. The minimum atomic E-state index is -0.932. The Balaban J connectivity index is 2.24. The first kappa shape index (κ1) is 14.8. The summed E-state index contributed by atoms with van der Waals surface area (Å²) < 4.78 is 4.75. The van der Waals surface area contributed by atoms with E-state index in [-0.39, 0.29) is 12.2 Å². The van der Waals surface area contributed by atoms with E-state index in [0.717, 1.165) is 18.4 Å². The number of carbonyl (C=O) groups is 2. The zero-order valence-electron chi connectivity index (χ0n) is 10.6. The monoisotopic (exact) mass is 263 g/mol. The second-order valence-electron chi connectivity index (χ2n) is 3.92. The van der Waals surface area contributed by atoms with Crippen LogP contribution in [0.25, 0.3) is 0 Å². The number of amides is 1. The number of benzene rings is 1. The van der Waals surface area contributed by atoms with Gasteiger partial charge < -0.3 is 15.2 Å². The third-order valence-electron chi connectivity index (χ3n) is 2.44. The number of carboxylic acid groups (broad SMARTS) is 1. The van der Waals surface area contributed by atoms with Crippen LogP contribution in [0.15, 0.2) is 36.9 Å². The maximum Gasteiger partial charge on any atom is 0.407 e. The van der Waals surface area contributed by atoms with Crippen molar-refractivity contribution in [2.75, 3.05) is 13.2 Å². The van der Waals surface area contributed by atoms with E-state index in [2.05, 4.69) is 11.9 Å². The Bertz CT molecular complexity index is 439. The minimum Gasteiger partial charge on any atom is -0.478 e. The number of aryl methyl sites for hydroxylation is 1. The fourth-order valence-electron chi connectivity index (χ4n) is 1.48. The van der Waals surface area contributed by atoms with E-state index in [0.29, 0.717) is 6.54 Å². The Hall–Kier alpha value is -2.30. The van der Waals surface area contributed by atoms with Crippen LogP contribution in [0.4, 0.5) is 4.79 Å². The second kappa shape index (κ2) is 7.92. The van der Waals surface area contributed by atoms with Crippen molar-refractivity contribution in [2.45, 2.75) is 12.8 Å². The Kier molecular flexibility index (Phi) is 6.15. The van der Waals surface area contributed by atoms with Crippen molar-refractivity contribution >= 4 is 12.1 Å². The highest BCUT2D eigenvalue weighted by Gasteiger charge is 2.02. The molecule has 0 saturated carbocycles. The first-order valence-corrected chi connectivity index (χ1v) is 5.97. The molecular formula is C14H17NO4. The molecule has 19 heavy (non-hydrogen) atoms. The van der Waals surface area contributed by atoms with Crippen molar-refractivity contribution in [3.05, 3.63) is 48.0 Å². The van der Waals surface area contributed by atoms with Gasteiger partial charge in [-0.1, -0.05) is 24.8 Å². The summed E-state index contributed by atoms with van der Waals surface area (Å²) in [6, 6.07) is 6.70. The molecule has 0 atom stereocenters. The van der Waals surface area contributed by atoms with Crippen LogP contribution in [-0.4, -0.2) is 30.3 Å². The summed E-state index contributed by atoms with van der Waals surface area (Å²) in [4.78, 5) is 21.8. The van der Waals surface area contributed by atoms with Crippen LogP contribution in [0.3, 0.4) is 0 Å². The molecule has 5 nitrogen and oxygen atoms in total. The summed E-state index contributed by atoms with van der Waals surface area (Å²) in [6.07, 6.45) is 2.57. The molecule has 0 unspecified atom stereocenters. The van der Waals surface area contributed by atoms with E-state index >= 15 is 0 Å². The average Bonchev–Trinajstić information content (AvgIpc) is 2.41. The molecule has 5 heteroatoms. The summed E-state index contributed by atoms with van der Waals surface area (Å²) in [7, 11) is 0. The number of ether oxygens (including phenoxy) is 1. The molecule has 0 aromatic heterocycles. The highest BCUT2D eigenvalue weighted by atomic mass is 16.5. The Morgan fingerprint density at radius 1 is 1.32 bits per heavy atom. The zero-order chi connectivity index (χ0) is 14.1. The van der Waals surface area contributed by atoms with Crippen molar-refractivity contribution in [3.8, 4) is 0 Å². The number of nitrogens with one attached hydrogen (secondary N) is 1. The van der Waals surface area contributed by atoms with Gasteiger partial charge in [-0.05, 0) is 30.5 Å². The first-order chi connectivity index (χ1) is 9.13. The van der Waals surface area contributed by atoms with Crippen LogP contribution in [0, 0.1) is 0 Å². The van der Waals surface area contributed by atoms with Gasteiger partial charge in [-0.2, -0.15) is 0 Å². The second-order valence-corrected chi connectivity index (χ2v) is 3.92. The van der Waals surface area contributed by atoms with Gasteiger partial charge >= 0.3 is 12.1 Å². The molecule has 102 valence electrons. The molecule has 0 fully saturated rings. The quantitative estimate of drug-likeness (QED) is 0.584. The van der Waals surface area contributed by atoms with Crippen LogP contribution < -0.4 is 5.32 Å². The van der Waals surface area contributed by atoms with E-state index in [1.807, 2.05) is 0 Å². The Morgan fingerprint density at radius 2 is 2.00 bits per heavy atom. The normalized spacial score (nSPS) is 9.68. The first-order valence-electron chi connectivity index (χ1n) is 5.97. The van der Waals surface area contributed by atoms with Gasteiger partial charge in [-0.25, -0.2) is 9.59 Å². The van der Waals surface area contributed by atoms with Gasteiger partial charge in [0.25, 0.3) is 0 Å². The van der Waals surface area contributed by atoms with E-state index < -0.39 is 12.1 Å². The van der Waals surface area contributed by atoms with Gasteiger partial charge in [0.05, 0.1) is 5.56 Å². The highest BCUT2D eigenvalue weighted by Crippen LogP contribution is 2.06. The van der Waals surface area contributed by atoms with Gasteiger partial charge in [-0.15, -0.1) is 0 Å². The zero-order valence-corrected chi connectivity index (χ0v) is 10.6. The molecule has 0 aliphatic carbocycles. The average molecular weight is 263 g/mol. The van der Waals surface area contributed by atoms with E-state index in [1.54, 1.807) is 24.3 Å². The van der Waals surface area contributed by atoms with Gasteiger partial charge in [0.15, 0.2) is 0 Å². The number of aromatic carboxylic acids is 1. The summed E-state index contributed by atoms with van der Waals surface area (Å²) in [5.41, 5.74) is 1.31. The predicted molar refractivity (Wildman–Crippen MR) is 71.3 cm³/mol. The highest BCUT2D eigenvalue weighted by molar-refractivity contribution is 5.87. The molecule has 1 amide bonds. The molecule has 1 aromatic carbocycles. The summed E-state index contributed by atoms with van der Waals surface area (Å²) >= 11 is 0. The maximum atomic E-state index is 11.1. The molecule has 0 radical (unpaired) electrons. The molecule has 2 N–H and O–H groups in total. The Labute approximate surface area is 111 Å². The third kappa shape index (κ3) is 5.72. The lowest BCUT2D eigenvalue weighted by Crippen LogP contribution is -2.25. The van der Waals surface area contributed by atoms with Gasteiger partial charge in [-0.3, -0.25) is 0 Å². The number of hydrogen-bond donors (Lipinski definition) is 2. The van der Waals surface area contributed by atoms with Gasteiger partial charge in [0.1, 0.15) is 6.61 Å². The number of hydrogen-bond acceptors (Lipinski definition) is 3. The van der Waals surface area contributed by atoms with E-state index in [1.165, 1.54) is 6.08 Å². The number of carboxylic acids is 1. The predicted octanol–water partition coefficient (Wildman–Crippen LogP) is 2.23. The van der Waals surface area contributed by atoms with E-state index in [4.69, 9.17) is 9.84 Å². The number of carbonyl (C=O) groups excluding carboxylic acids is 1. The molecule has 0 spiro atoms. The topological polar surface area (TPSA) is 75.6 Å². The smallest absolute Gasteiger partial charge is 0.407 e. The molecular weight excluding hydrogens is 246 g/mol. The van der Waals surface area contributed by atoms with E-state index in [9.17, 15) is 9.59 Å². The van der Waals surface area contributed by atoms with Crippen LogP contribution >= 0.6 is 0 Å². The summed E-state index contributed by atoms with van der Waals surface area (Å²) in [6.45, 7) is 4.15. The maximum absolute atomic E-state index is 11.1. The number of alkyl carbamates (subject to hydrolysis) is 1. The molecule has 0 bridgehead atoms. The van der Waals surface area contributed by atoms with Crippen LogP contribution in [0.1, 0.15) is 22.3 Å². The molecule has 1 rings (SSSR count). The van der Waals surface area contributed by atoms with Crippen molar-refractivity contribution in [1.29, 1.82) is 0 Å². The molecule has 0 saturated heterocycles. The lowest BCUT2D eigenvalue weighted by atomic mass is 10.1. The van der Waals surface area contributed by atoms with Crippen LogP contribution in [-0.2, 0) is 11.2 Å². The standard InChI is InChI=1S/C14H17NO4/c1-2-10-19-14(18)15-9-3-4-11-5-7-12(8-6-11)13(16)17/h2,5-8H,1,3-4,9-10H2,(H,15,18)(H,16,17).